The number of hydrogen-bond donors (Lipinski definition) is 0. The van der Waals surface area contributed by atoms with Crippen LogP contribution in [0, 0.1) is 5.92 Å². The van der Waals surface area contributed by atoms with Crippen molar-refractivity contribution in [3.63, 3.8) is 0 Å². The largest absolute Gasteiger partial charge is 0.506 e. The molecular formula is C16H36O5Si. The maximum absolute atomic E-state index is 6.25. The van der Waals surface area contributed by atoms with Gasteiger partial charge in [-0.25, -0.2) is 0 Å². The second kappa shape index (κ2) is 13.5. The zero-order valence-electron chi connectivity index (χ0n) is 15.4. The monoisotopic (exact) mass is 336 g/mol. The molecule has 0 aliphatic rings. The van der Waals surface area contributed by atoms with E-state index < -0.39 is 8.80 Å². The van der Waals surface area contributed by atoms with Crippen molar-refractivity contribution in [3.8, 4) is 0 Å². The molecule has 0 aliphatic heterocycles. The summed E-state index contributed by atoms with van der Waals surface area (Å²) < 4.78 is 28.9. The first-order valence-corrected chi connectivity index (χ1v) is 10.3. The van der Waals surface area contributed by atoms with E-state index >= 15 is 0 Å². The molecule has 0 spiro atoms. The SMILES string of the molecule is CCO[Si](OCC)(OCCC(CC)COC)C(CC)COC. The van der Waals surface area contributed by atoms with E-state index in [2.05, 4.69) is 13.8 Å². The number of hydrogen-bond acceptors (Lipinski definition) is 5. The first kappa shape index (κ1) is 22.0. The van der Waals surface area contributed by atoms with Gasteiger partial charge in [0.2, 0.25) is 0 Å². The molecule has 22 heavy (non-hydrogen) atoms. The van der Waals surface area contributed by atoms with E-state index in [0.717, 1.165) is 25.9 Å². The fraction of sp³-hybridized carbons (Fsp3) is 1.00. The molecule has 0 fully saturated rings. The minimum atomic E-state index is -2.71. The van der Waals surface area contributed by atoms with Gasteiger partial charge in [0.1, 0.15) is 0 Å². The predicted molar refractivity (Wildman–Crippen MR) is 91.1 cm³/mol. The average molecular weight is 337 g/mol. The van der Waals surface area contributed by atoms with Crippen LogP contribution in [0.15, 0.2) is 0 Å². The molecular weight excluding hydrogens is 300 g/mol. The fourth-order valence-electron chi connectivity index (χ4n) is 2.56. The third-order valence-electron chi connectivity index (χ3n) is 3.86. The van der Waals surface area contributed by atoms with Crippen LogP contribution in [0.3, 0.4) is 0 Å². The first-order chi connectivity index (χ1) is 10.6. The molecule has 0 saturated carbocycles. The van der Waals surface area contributed by atoms with Gasteiger partial charge < -0.3 is 22.8 Å². The van der Waals surface area contributed by atoms with Crippen molar-refractivity contribution in [1.82, 2.24) is 0 Å². The summed E-state index contributed by atoms with van der Waals surface area (Å²) in [5.41, 5.74) is 0.180. The van der Waals surface area contributed by atoms with Crippen molar-refractivity contribution in [3.05, 3.63) is 0 Å². The maximum atomic E-state index is 6.25. The zero-order chi connectivity index (χ0) is 16.8. The van der Waals surface area contributed by atoms with Gasteiger partial charge in [0, 0.05) is 40.6 Å². The Balaban J connectivity index is 4.81. The first-order valence-electron chi connectivity index (χ1n) is 8.53. The molecule has 0 radical (unpaired) electrons. The van der Waals surface area contributed by atoms with E-state index in [0.29, 0.717) is 32.3 Å². The molecule has 2 unspecified atom stereocenters. The Bertz CT molecular complexity index is 247. The Morgan fingerprint density at radius 1 is 0.773 bits per heavy atom. The van der Waals surface area contributed by atoms with E-state index in [1.807, 2.05) is 13.8 Å². The minimum Gasteiger partial charge on any atom is -0.384 e. The highest BCUT2D eigenvalue weighted by Gasteiger charge is 2.48. The van der Waals surface area contributed by atoms with Crippen molar-refractivity contribution < 1.29 is 22.8 Å². The lowest BCUT2D eigenvalue weighted by molar-refractivity contribution is 0.0363. The third-order valence-corrected chi connectivity index (χ3v) is 7.42. The molecule has 0 amide bonds. The quantitative estimate of drug-likeness (QED) is 0.428. The molecule has 134 valence electrons. The molecule has 6 heteroatoms. The van der Waals surface area contributed by atoms with Gasteiger partial charge in [0.15, 0.2) is 0 Å². The number of rotatable bonds is 15. The third kappa shape index (κ3) is 7.52. The minimum absolute atomic E-state index is 0.180. The maximum Gasteiger partial charge on any atom is 0.506 e. The molecule has 0 heterocycles. The Morgan fingerprint density at radius 3 is 1.77 bits per heavy atom. The molecule has 0 N–H and O–H groups in total. The molecule has 0 aromatic carbocycles. The Morgan fingerprint density at radius 2 is 1.36 bits per heavy atom. The number of ether oxygens (including phenoxy) is 2. The van der Waals surface area contributed by atoms with Crippen LogP contribution < -0.4 is 0 Å². The normalized spacial score (nSPS) is 15.0. The lowest BCUT2D eigenvalue weighted by atomic mass is 10.0. The van der Waals surface area contributed by atoms with Crippen LogP contribution in [0.5, 0.6) is 0 Å². The molecule has 0 aromatic rings. The van der Waals surface area contributed by atoms with Crippen LogP contribution >= 0.6 is 0 Å². The number of methoxy groups -OCH3 is 2. The van der Waals surface area contributed by atoms with Gasteiger partial charge in [-0.1, -0.05) is 20.3 Å². The summed E-state index contributed by atoms with van der Waals surface area (Å²) in [7, 11) is 0.744. The van der Waals surface area contributed by atoms with Crippen LogP contribution in [-0.2, 0) is 22.8 Å². The van der Waals surface area contributed by atoms with Crippen molar-refractivity contribution in [1.29, 1.82) is 0 Å². The summed E-state index contributed by atoms with van der Waals surface area (Å²) in [5, 5.41) is 0. The van der Waals surface area contributed by atoms with Gasteiger partial charge in [-0.15, -0.1) is 0 Å². The summed E-state index contributed by atoms with van der Waals surface area (Å²) in [6.45, 7) is 11.5. The standard InChI is InChI=1S/C16H36O5Si/c1-7-15(13-17-5)11-12-21-22(19-9-3,20-10-4)16(8-2)14-18-6/h15-16H,7-14H2,1-6H3. The fourth-order valence-corrected chi connectivity index (χ4v) is 5.60. The predicted octanol–water partition coefficient (Wildman–Crippen LogP) is 3.50. The van der Waals surface area contributed by atoms with Crippen LogP contribution in [0.25, 0.3) is 0 Å². The average Bonchev–Trinajstić information content (AvgIpc) is 2.52. The smallest absolute Gasteiger partial charge is 0.384 e. The van der Waals surface area contributed by atoms with Crippen LogP contribution in [0.2, 0.25) is 5.54 Å². The van der Waals surface area contributed by atoms with E-state index in [1.54, 1.807) is 14.2 Å². The topological polar surface area (TPSA) is 46.2 Å². The molecule has 0 saturated heterocycles. The molecule has 2 atom stereocenters. The van der Waals surface area contributed by atoms with Gasteiger partial charge in [-0.05, 0) is 32.6 Å². The van der Waals surface area contributed by atoms with Crippen molar-refractivity contribution >= 4 is 8.80 Å². The van der Waals surface area contributed by atoms with E-state index in [-0.39, 0.29) is 5.54 Å². The van der Waals surface area contributed by atoms with Gasteiger partial charge in [-0.2, -0.15) is 0 Å². The van der Waals surface area contributed by atoms with Crippen LogP contribution in [-0.4, -0.2) is 56.1 Å². The zero-order valence-corrected chi connectivity index (χ0v) is 16.4. The lowest BCUT2D eigenvalue weighted by Crippen LogP contribution is -2.52. The summed E-state index contributed by atoms with van der Waals surface area (Å²) >= 11 is 0. The molecule has 0 aromatic heterocycles. The highest BCUT2D eigenvalue weighted by atomic mass is 28.4. The van der Waals surface area contributed by atoms with Gasteiger partial charge in [-0.3, -0.25) is 0 Å². The van der Waals surface area contributed by atoms with Crippen molar-refractivity contribution in [2.24, 2.45) is 5.92 Å². The summed E-state index contributed by atoms with van der Waals surface area (Å²) in [5.74, 6) is 0.516. The van der Waals surface area contributed by atoms with E-state index in [4.69, 9.17) is 22.8 Å². The van der Waals surface area contributed by atoms with E-state index in [1.165, 1.54) is 0 Å². The molecule has 0 bridgehead atoms. The van der Waals surface area contributed by atoms with Crippen molar-refractivity contribution in [2.75, 3.05) is 47.3 Å². The Labute approximate surface area is 138 Å². The highest BCUT2D eigenvalue weighted by Crippen LogP contribution is 2.30. The summed E-state index contributed by atoms with van der Waals surface area (Å²) in [6.07, 6.45) is 2.97. The second-order valence-electron chi connectivity index (χ2n) is 5.40. The second-order valence-corrected chi connectivity index (χ2v) is 8.29. The molecule has 5 nitrogen and oxygen atoms in total. The van der Waals surface area contributed by atoms with Crippen LogP contribution in [0.4, 0.5) is 0 Å². The molecule has 0 aliphatic carbocycles. The van der Waals surface area contributed by atoms with Gasteiger partial charge >= 0.3 is 8.80 Å². The van der Waals surface area contributed by atoms with Crippen LogP contribution in [0.1, 0.15) is 47.0 Å². The van der Waals surface area contributed by atoms with Gasteiger partial charge in [0.25, 0.3) is 0 Å². The van der Waals surface area contributed by atoms with Gasteiger partial charge in [0.05, 0.1) is 12.1 Å². The molecule has 0 rings (SSSR count). The summed E-state index contributed by atoms with van der Waals surface area (Å²) in [4.78, 5) is 0. The lowest BCUT2D eigenvalue weighted by Gasteiger charge is -2.35. The van der Waals surface area contributed by atoms with Crippen molar-refractivity contribution in [2.45, 2.75) is 52.5 Å². The van der Waals surface area contributed by atoms with E-state index in [9.17, 15) is 0 Å². The Hall–Kier alpha value is 0.0169. The highest BCUT2D eigenvalue weighted by molar-refractivity contribution is 6.62. The summed E-state index contributed by atoms with van der Waals surface area (Å²) in [6, 6.07) is 0. The Kier molecular flexibility index (Phi) is 13.5.